The van der Waals surface area contributed by atoms with Crippen LogP contribution in [-0.2, 0) is 16.1 Å². The van der Waals surface area contributed by atoms with E-state index in [-0.39, 0.29) is 12.1 Å². The molecule has 2 aromatic carbocycles. The first-order chi connectivity index (χ1) is 17.2. The lowest BCUT2D eigenvalue weighted by Gasteiger charge is -2.36. The molecule has 192 valence electrons. The van der Waals surface area contributed by atoms with Gasteiger partial charge in [-0.15, -0.1) is 0 Å². The number of piperidine rings is 1. The zero-order valence-corrected chi connectivity index (χ0v) is 21.6. The molecule has 1 aliphatic carbocycles. The second-order valence-corrected chi connectivity index (χ2v) is 11.1. The summed E-state index contributed by atoms with van der Waals surface area (Å²) in [7, 11) is 0. The van der Waals surface area contributed by atoms with Gasteiger partial charge in [0.1, 0.15) is 5.60 Å². The van der Waals surface area contributed by atoms with Gasteiger partial charge < -0.3 is 14.7 Å². The van der Waals surface area contributed by atoms with Crippen LogP contribution >= 0.6 is 0 Å². The van der Waals surface area contributed by atoms with E-state index in [4.69, 9.17) is 9.84 Å². The van der Waals surface area contributed by atoms with Crippen molar-refractivity contribution < 1.29 is 19.4 Å². The Bertz CT molecular complexity index is 1050. The minimum absolute atomic E-state index is 0.189. The van der Waals surface area contributed by atoms with Crippen LogP contribution in [0.5, 0.6) is 0 Å². The molecule has 0 aromatic heterocycles. The molecule has 2 aromatic rings. The van der Waals surface area contributed by atoms with Crippen molar-refractivity contribution in [2.24, 2.45) is 5.92 Å². The topological polar surface area (TPSA) is 70.1 Å². The van der Waals surface area contributed by atoms with E-state index in [0.717, 1.165) is 57.1 Å². The molecule has 0 spiro atoms. The van der Waals surface area contributed by atoms with E-state index in [2.05, 4.69) is 41.3 Å². The Morgan fingerprint density at radius 3 is 2.33 bits per heavy atom. The summed E-state index contributed by atoms with van der Waals surface area (Å²) < 4.78 is 5.81. The molecule has 1 aliphatic heterocycles. The van der Waals surface area contributed by atoms with E-state index in [1.54, 1.807) is 6.08 Å². The standard InChI is InChI=1S/C30H38N2O4/c1-30(2,3)36-29(35)32(27-19-26(27)25-7-5-4-6-8-25)21-24-15-17-31(18-16-24)20-23-11-9-22(10-12-23)13-14-28(33)34/h4-14,24,26-27H,15-21H2,1-3H3,(H,33,34)/t26-,27+/m0/s1. The maximum atomic E-state index is 13.2. The molecule has 1 N–H and O–H groups in total. The number of nitrogens with zero attached hydrogens (tertiary/aromatic N) is 2. The van der Waals surface area contributed by atoms with Gasteiger partial charge in [-0.05, 0) is 81.8 Å². The molecule has 1 saturated heterocycles. The fraction of sp³-hybridized carbons (Fsp3) is 0.467. The lowest BCUT2D eigenvalue weighted by Crippen LogP contribution is -2.44. The molecule has 1 amide bonds. The Hall–Kier alpha value is -3.12. The Kier molecular flexibility index (Phi) is 8.14. The van der Waals surface area contributed by atoms with E-state index in [1.807, 2.05) is 43.9 Å². The number of carbonyl (C=O) groups excluding carboxylic acids is 1. The minimum Gasteiger partial charge on any atom is -0.478 e. The summed E-state index contributed by atoms with van der Waals surface area (Å²) in [5.41, 5.74) is 2.90. The van der Waals surface area contributed by atoms with Crippen molar-refractivity contribution in [3.8, 4) is 0 Å². The molecule has 36 heavy (non-hydrogen) atoms. The maximum Gasteiger partial charge on any atom is 0.410 e. The molecule has 6 nitrogen and oxygen atoms in total. The zero-order chi connectivity index (χ0) is 25.7. The number of amides is 1. The predicted octanol–water partition coefficient (Wildman–Crippen LogP) is 5.79. The average Bonchev–Trinajstić information content (AvgIpc) is 3.63. The molecule has 0 unspecified atom stereocenters. The molecule has 2 fully saturated rings. The van der Waals surface area contributed by atoms with Crippen LogP contribution in [0.1, 0.15) is 62.6 Å². The quantitative estimate of drug-likeness (QED) is 0.474. The highest BCUT2D eigenvalue weighted by atomic mass is 16.6. The second-order valence-electron chi connectivity index (χ2n) is 11.1. The van der Waals surface area contributed by atoms with E-state index in [9.17, 15) is 9.59 Å². The van der Waals surface area contributed by atoms with E-state index < -0.39 is 11.6 Å². The molecule has 2 aliphatic rings. The molecule has 1 saturated carbocycles. The summed E-state index contributed by atoms with van der Waals surface area (Å²) in [6.07, 6.45) is 5.69. The van der Waals surface area contributed by atoms with Gasteiger partial charge >= 0.3 is 12.1 Å². The summed E-state index contributed by atoms with van der Waals surface area (Å²) in [4.78, 5) is 28.3. The van der Waals surface area contributed by atoms with Crippen LogP contribution in [0.25, 0.3) is 6.08 Å². The van der Waals surface area contributed by atoms with Gasteiger partial charge in [-0.3, -0.25) is 4.90 Å². The van der Waals surface area contributed by atoms with Crippen molar-refractivity contribution in [2.45, 2.75) is 64.1 Å². The second kappa shape index (κ2) is 11.3. The van der Waals surface area contributed by atoms with Crippen LogP contribution < -0.4 is 0 Å². The van der Waals surface area contributed by atoms with Gasteiger partial charge in [-0.1, -0.05) is 54.6 Å². The van der Waals surface area contributed by atoms with Crippen molar-refractivity contribution in [1.82, 2.24) is 9.80 Å². The number of hydrogen-bond acceptors (Lipinski definition) is 4. The summed E-state index contributed by atoms with van der Waals surface area (Å²) in [6, 6.07) is 18.7. The van der Waals surface area contributed by atoms with Crippen molar-refractivity contribution in [1.29, 1.82) is 0 Å². The molecule has 1 heterocycles. The Morgan fingerprint density at radius 1 is 1.06 bits per heavy atom. The third kappa shape index (κ3) is 7.44. The fourth-order valence-electron chi connectivity index (χ4n) is 5.02. The third-order valence-corrected chi connectivity index (χ3v) is 6.98. The third-order valence-electron chi connectivity index (χ3n) is 6.98. The average molecular weight is 491 g/mol. The summed E-state index contributed by atoms with van der Waals surface area (Å²) in [6.45, 7) is 9.42. The predicted molar refractivity (Wildman–Crippen MR) is 142 cm³/mol. The SMILES string of the molecule is CC(C)(C)OC(=O)N(CC1CCN(Cc2ccc(C=CC(=O)O)cc2)CC1)[C@@H]1C[C@H]1c1ccccc1. The zero-order valence-electron chi connectivity index (χ0n) is 21.6. The lowest BCUT2D eigenvalue weighted by atomic mass is 9.95. The Morgan fingerprint density at radius 2 is 1.72 bits per heavy atom. The van der Waals surface area contributed by atoms with Crippen molar-refractivity contribution in [2.75, 3.05) is 19.6 Å². The number of likely N-dealkylation sites (tertiary alicyclic amines) is 1. The highest BCUT2D eigenvalue weighted by Crippen LogP contribution is 2.45. The Balaban J connectivity index is 1.31. The minimum atomic E-state index is -0.940. The van der Waals surface area contributed by atoms with Crippen molar-refractivity contribution >= 4 is 18.1 Å². The molecular formula is C30H38N2O4. The van der Waals surface area contributed by atoms with Gasteiger partial charge in [0.25, 0.3) is 0 Å². The van der Waals surface area contributed by atoms with Crippen molar-refractivity contribution in [3.63, 3.8) is 0 Å². The normalized spacial score (nSPS) is 20.9. The van der Waals surface area contributed by atoms with Crippen LogP contribution in [0.2, 0.25) is 0 Å². The molecule has 0 bridgehead atoms. The van der Waals surface area contributed by atoms with Gasteiger partial charge in [-0.25, -0.2) is 9.59 Å². The number of benzene rings is 2. The number of aliphatic carboxylic acids is 1. The highest BCUT2D eigenvalue weighted by molar-refractivity contribution is 5.85. The van der Waals surface area contributed by atoms with Gasteiger partial charge in [-0.2, -0.15) is 0 Å². The molecule has 6 heteroatoms. The largest absolute Gasteiger partial charge is 0.478 e. The first kappa shape index (κ1) is 26.0. The molecule has 0 radical (unpaired) electrons. The molecule has 4 rings (SSSR count). The Labute approximate surface area is 214 Å². The van der Waals surface area contributed by atoms with Crippen LogP contribution in [0, 0.1) is 5.92 Å². The number of carboxylic acid groups (broad SMARTS) is 1. The number of ether oxygens (including phenoxy) is 1. The summed E-state index contributed by atoms with van der Waals surface area (Å²) in [5, 5.41) is 8.78. The van der Waals surface area contributed by atoms with E-state index in [0.29, 0.717) is 11.8 Å². The van der Waals surface area contributed by atoms with Gasteiger partial charge in [0.2, 0.25) is 0 Å². The van der Waals surface area contributed by atoms with Gasteiger partial charge in [0, 0.05) is 31.1 Å². The first-order valence-corrected chi connectivity index (χ1v) is 12.9. The number of rotatable bonds is 8. The molecular weight excluding hydrogens is 452 g/mol. The first-order valence-electron chi connectivity index (χ1n) is 12.9. The monoisotopic (exact) mass is 490 g/mol. The van der Waals surface area contributed by atoms with E-state index >= 15 is 0 Å². The molecule has 2 atom stereocenters. The van der Waals surface area contributed by atoms with Crippen LogP contribution in [0.3, 0.4) is 0 Å². The smallest absolute Gasteiger partial charge is 0.410 e. The number of carbonyl (C=O) groups is 2. The van der Waals surface area contributed by atoms with Crippen LogP contribution in [0.4, 0.5) is 4.79 Å². The lowest BCUT2D eigenvalue weighted by molar-refractivity contribution is -0.131. The highest BCUT2D eigenvalue weighted by Gasteiger charge is 2.46. The summed E-state index contributed by atoms with van der Waals surface area (Å²) >= 11 is 0. The number of carboxylic acids is 1. The summed E-state index contributed by atoms with van der Waals surface area (Å²) in [5.74, 6) is -0.0779. The van der Waals surface area contributed by atoms with Crippen molar-refractivity contribution in [3.05, 3.63) is 77.4 Å². The van der Waals surface area contributed by atoms with Crippen LogP contribution in [0.15, 0.2) is 60.7 Å². The van der Waals surface area contributed by atoms with Gasteiger partial charge in [0.15, 0.2) is 0 Å². The number of hydrogen-bond donors (Lipinski definition) is 1. The van der Waals surface area contributed by atoms with E-state index in [1.165, 1.54) is 11.1 Å². The van der Waals surface area contributed by atoms with Crippen LogP contribution in [-0.4, -0.2) is 58.2 Å². The maximum absolute atomic E-state index is 13.2. The van der Waals surface area contributed by atoms with Gasteiger partial charge in [0.05, 0.1) is 0 Å². The fourth-order valence-corrected chi connectivity index (χ4v) is 5.02.